The minimum Gasteiger partial charge on any atom is -0.495 e. The van der Waals surface area contributed by atoms with Crippen LogP contribution in [0, 0.1) is 0 Å². The molecule has 3 rings (SSSR count). The minimum atomic E-state index is -4.78. The number of hydrogen-bond donors (Lipinski definition) is 2. The molecular weight excluding hydrogens is 461 g/mol. The lowest BCUT2D eigenvalue weighted by molar-refractivity contribution is -0.274. The second kappa shape index (κ2) is 11.1. The first-order chi connectivity index (χ1) is 15.6. The molecule has 2 atom stereocenters. The summed E-state index contributed by atoms with van der Waals surface area (Å²) in [5.74, 6) is -0.238. The average molecular weight is 487 g/mol. The Bertz CT molecular complexity index is 934. The van der Waals surface area contributed by atoms with Crippen LogP contribution in [0.1, 0.15) is 30.1 Å². The van der Waals surface area contributed by atoms with Gasteiger partial charge >= 0.3 is 6.36 Å². The summed E-state index contributed by atoms with van der Waals surface area (Å²) in [6.07, 6.45) is -3.74. The van der Waals surface area contributed by atoms with Gasteiger partial charge in [0.15, 0.2) is 0 Å². The number of aliphatic hydroxyl groups excluding tert-OH is 1. The Labute approximate surface area is 195 Å². The van der Waals surface area contributed by atoms with E-state index < -0.39 is 18.5 Å². The number of carbonyl (C=O) groups excluding carboxylic acids is 1. The topological polar surface area (TPSA) is 71.0 Å². The molecule has 2 N–H and O–H groups in total. The van der Waals surface area contributed by atoms with E-state index in [1.807, 2.05) is 0 Å². The summed E-state index contributed by atoms with van der Waals surface area (Å²) in [7, 11) is 1.50. The number of alkyl halides is 3. The van der Waals surface area contributed by atoms with Crippen molar-refractivity contribution >= 4 is 17.5 Å². The SMILES string of the molecule is COc1ccc([C@@H](O)[C@@H](CN2CCCC2)NC(=O)Cc2ccc(OC(F)(F)F)cc2)cc1Cl. The lowest BCUT2D eigenvalue weighted by Gasteiger charge is -2.29. The molecule has 180 valence electrons. The van der Waals surface area contributed by atoms with Crippen molar-refractivity contribution in [3.05, 3.63) is 58.6 Å². The van der Waals surface area contributed by atoms with Crippen molar-refractivity contribution in [3.63, 3.8) is 0 Å². The van der Waals surface area contributed by atoms with Gasteiger partial charge in [-0.25, -0.2) is 0 Å². The first kappa shape index (κ1) is 25.1. The van der Waals surface area contributed by atoms with E-state index >= 15 is 0 Å². The highest BCUT2D eigenvalue weighted by Crippen LogP contribution is 2.29. The summed E-state index contributed by atoms with van der Waals surface area (Å²) in [4.78, 5) is 14.9. The van der Waals surface area contributed by atoms with Crippen LogP contribution in [0.2, 0.25) is 5.02 Å². The van der Waals surface area contributed by atoms with Gasteiger partial charge in [-0.05, 0) is 61.3 Å². The average Bonchev–Trinajstić information content (AvgIpc) is 3.26. The van der Waals surface area contributed by atoms with Gasteiger partial charge in [-0.3, -0.25) is 4.79 Å². The van der Waals surface area contributed by atoms with Crippen LogP contribution in [0.25, 0.3) is 0 Å². The van der Waals surface area contributed by atoms with Crippen molar-refractivity contribution in [1.29, 1.82) is 0 Å². The summed E-state index contributed by atoms with van der Waals surface area (Å²) >= 11 is 6.20. The van der Waals surface area contributed by atoms with Crippen molar-refractivity contribution in [2.45, 2.75) is 37.8 Å². The van der Waals surface area contributed by atoms with Gasteiger partial charge in [0.05, 0.1) is 24.6 Å². The number of aliphatic hydroxyl groups is 1. The molecule has 6 nitrogen and oxygen atoms in total. The first-order valence-corrected chi connectivity index (χ1v) is 10.9. The molecule has 1 saturated heterocycles. The number of nitrogens with zero attached hydrogens (tertiary/aromatic N) is 1. The Balaban J connectivity index is 1.68. The van der Waals surface area contributed by atoms with E-state index in [1.165, 1.54) is 19.2 Å². The molecule has 0 aliphatic carbocycles. The number of halogens is 4. The molecular formula is C23H26ClF3N2O4. The highest BCUT2D eigenvalue weighted by atomic mass is 35.5. The molecule has 1 aliphatic heterocycles. The van der Waals surface area contributed by atoms with Crippen LogP contribution >= 0.6 is 11.6 Å². The highest BCUT2D eigenvalue weighted by Gasteiger charge is 2.31. The maximum absolute atomic E-state index is 12.7. The fourth-order valence-electron chi connectivity index (χ4n) is 3.82. The largest absolute Gasteiger partial charge is 0.573 e. The number of ether oxygens (including phenoxy) is 2. The molecule has 10 heteroatoms. The molecule has 0 bridgehead atoms. The number of carbonyl (C=O) groups is 1. The zero-order valence-electron chi connectivity index (χ0n) is 18.1. The summed E-state index contributed by atoms with van der Waals surface area (Å²) in [6, 6.07) is 9.46. The molecule has 1 amide bonds. The van der Waals surface area contributed by atoms with E-state index in [1.54, 1.807) is 18.2 Å². The van der Waals surface area contributed by atoms with Gasteiger partial charge in [0.25, 0.3) is 0 Å². The van der Waals surface area contributed by atoms with Crippen molar-refractivity contribution in [3.8, 4) is 11.5 Å². The Morgan fingerprint density at radius 1 is 1.18 bits per heavy atom. The van der Waals surface area contributed by atoms with Crippen molar-refractivity contribution in [1.82, 2.24) is 10.2 Å². The van der Waals surface area contributed by atoms with Crippen molar-refractivity contribution in [2.24, 2.45) is 0 Å². The van der Waals surface area contributed by atoms with Crippen LogP contribution in [0.5, 0.6) is 11.5 Å². The second-order valence-electron chi connectivity index (χ2n) is 7.89. The lowest BCUT2D eigenvalue weighted by Crippen LogP contribution is -2.47. The van der Waals surface area contributed by atoms with Gasteiger partial charge in [-0.2, -0.15) is 0 Å². The third-order valence-corrected chi connectivity index (χ3v) is 5.72. The van der Waals surface area contributed by atoms with Crippen LogP contribution in [0.3, 0.4) is 0 Å². The van der Waals surface area contributed by atoms with Crippen molar-refractivity contribution < 1.29 is 32.5 Å². The van der Waals surface area contributed by atoms with Gasteiger partial charge in [0.1, 0.15) is 17.6 Å². The number of rotatable bonds is 9. The lowest BCUT2D eigenvalue weighted by atomic mass is 10.0. The molecule has 0 aromatic heterocycles. The molecule has 0 unspecified atom stereocenters. The van der Waals surface area contributed by atoms with Crippen molar-refractivity contribution in [2.75, 3.05) is 26.7 Å². The highest BCUT2D eigenvalue weighted by molar-refractivity contribution is 6.32. The Hall–Kier alpha value is -2.49. The van der Waals surface area contributed by atoms with E-state index in [-0.39, 0.29) is 18.1 Å². The fourth-order valence-corrected chi connectivity index (χ4v) is 4.09. The quantitative estimate of drug-likeness (QED) is 0.558. The van der Waals surface area contributed by atoms with Gasteiger partial charge in [-0.1, -0.05) is 29.8 Å². The zero-order chi connectivity index (χ0) is 24.0. The van der Waals surface area contributed by atoms with Gasteiger partial charge in [0.2, 0.25) is 5.91 Å². The molecule has 2 aromatic rings. The van der Waals surface area contributed by atoms with Gasteiger partial charge in [-0.15, -0.1) is 13.2 Å². The van der Waals surface area contributed by atoms with E-state index in [0.717, 1.165) is 38.1 Å². The smallest absolute Gasteiger partial charge is 0.495 e. The van der Waals surface area contributed by atoms with E-state index in [0.29, 0.717) is 28.4 Å². The maximum atomic E-state index is 12.7. The summed E-state index contributed by atoms with van der Waals surface area (Å²) in [5.41, 5.74) is 1.06. The molecule has 1 aliphatic rings. The van der Waals surface area contributed by atoms with Gasteiger partial charge in [0, 0.05) is 6.54 Å². The Morgan fingerprint density at radius 2 is 1.85 bits per heavy atom. The second-order valence-corrected chi connectivity index (χ2v) is 8.30. The predicted octanol–water partition coefficient (Wildman–Crippen LogP) is 4.10. The first-order valence-electron chi connectivity index (χ1n) is 10.5. The molecule has 1 fully saturated rings. The fraction of sp³-hybridized carbons (Fsp3) is 0.435. The summed E-state index contributed by atoms with van der Waals surface area (Å²) in [6.45, 7) is 2.21. The maximum Gasteiger partial charge on any atom is 0.573 e. The van der Waals surface area contributed by atoms with Crippen LogP contribution in [-0.4, -0.2) is 55.1 Å². The van der Waals surface area contributed by atoms with Gasteiger partial charge < -0.3 is 24.8 Å². The number of benzene rings is 2. The minimum absolute atomic E-state index is 0.0567. The molecule has 0 saturated carbocycles. The summed E-state index contributed by atoms with van der Waals surface area (Å²) < 4.78 is 45.9. The number of nitrogens with one attached hydrogen (secondary N) is 1. The number of amides is 1. The van der Waals surface area contributed by atoms with Crippen LogP contribution in [0.4, 0.5) is 13.2 Å². The summed E-state index contributed by atoms with van der Waals surface area (Å²) in [5, 5.41) is 14.2. The third-order valence-electron chi connectivity index (χ3n) is 5.42. The molecule has 1 heterocycles. The normalized spacial score (nSPS) is 16.3. The molecule has 0 radical (unpaired) electrons. The van der Waals surface area contributed by atoms with E-state index in [9.17, 15) is 23.1 Å². The van der Waals surface area contributed by atoms with Crippen LogP contribution in [0.15, 0.2) is 42.5 Å². The number of likely N-dealkylation sites (tertiary alicyclic amines) is 1. The molecule has 0 spiro atoms. The predicted molar refractivity (Wildman–Crippen MR) is 117 cm³/mol. The zero-order valence-corrected chi connectivity index (χ0v) is 18.8. The third kappa shape index (κ3) is 7.52. The number of methoxy groups -OCH3 is 1. The number of hydrogen-bond acceptors (Lipinski definition) is 5. The van der Waals surface area contributed by atoms with E-state index in [4.69, 9.17) is 16.3 Å². The molecule has 2 aromatic carbocycles. The van der Waals surface area contributed by atoms with Crippen LogP contribution in [-0.2, 0) is 11.2 Å². The molecule has 33 heavy (non-hydrogen) atoms. The Morgan fingerprint density at radius 3 is 2.42 bits per heavy atom. The Kier molecular flexibility index (Phi) is 8.45. The monoisotopic (exact) mass is 486 g/mol. The van der Waals surface area contributed by atoms with Crippen LogP contribution < -0.4 is 14.8 Å². The van der Waals surface area contributed by atoms with E-state index in [2.05, 4.69) is 15.0 Å². The standard InChI is InChI=1S/C23H26ClF3N2O4/c1-32-20-9-6-16(13-18(20)24)22(31)19(14-29-10-2-3-11-29)28-21(30)12-15-4-7-17(8-5-15)33-23(25,26)27/h4-9,13,19,22,31H,2-3,10-12,14H2,1H3,(H,28,30)/t19-,22-/m1/s1.